The number of anilines is 1. The van der Waals surface area contributed by atoms with E-state index in [0.29, 0.717) is 16.5 Å². The monoisotopic (exact) mass is 352 g/mol. The first kappa shape index (κ1) is 17.1. The topological polar surface area (TPSA) is 81.4 Å². The smallest absolute Gasteiger partial charge is 0.259 e. The largest absolute Gasteiger partial charge is 0.492 e. The lowest BCUT2D eigenvalue weighted by atomic mass is 10.1. The SMILES string of the molecule is NC(=O)c1ccc(OCCCl)c(C(=O)Nc2ccc(Cl)cc2)c1. The van der Waals surface area contributed by atoms with E-state index in [9.17, 15) is 9.59 Å². The quantitative estimate of drug-likeness (QED) is 0.782. The Morgan fingerprint density at radius 1 is 1.13 bits per heavy atom. The first-order valence-electron chi connectivity index (χ1n) is 6.71. The van der Waals surface area contributed by atoms with Gasteiger partial charge in [0.05, 0.1) is 11.4 Å². The number of nitrogens with two attached hydrogens (primary N) is 1. The lowest BCUT2D eigenvalue weighted by molar-refractivity contribution is 0.1000. The molecule has 0 saturated heterocycles. The maximum atomic E-state index is 12.4. The van der Waals surface area contributed by atoms with Gasteiger partial charge >= 0.3 is 0 Å². The van der Waals surface area contributed by atoms with Crippen LogP contribution in [0.5, 0.6) is 5.75 Å². The van der Waals surface area contributed by atoms with Gasteiger partial charge in [-0.2, -0.15) is 0 Å². The third kappa shape index (κ3) is 4.61. The van der Waals surface area contributed by atoms with Crippen molar-refractivity contribution < 1.29 is 14.3 Å². The molecule has 2 aromatic carbocycles. The summed E-state index contributed by atoms with van der Waals surface area (Å²) in [5.74, 6) is -0.466. The van der Waals surface area contributed by atoms with Crippen LogP contribution in [0.15, 0.2) is 42.5 Å². The first-order valence-corrected chi connectivity index (χ1v) is 7.62. The molecule has 0 aliphatic carbocycles. The highest BCUT2D eigenvalue weighted by atomic mass is 35.5. The predicted molar refractivity (Wildman–Crippen MR) is 90.6 cm³/mol. The molecule has 3 N–H and O–H groups in total. The van der Waals surface area contributed by atoms with Crippen LogP contribution >= 0.6 is 23.2 Å². The number of carbonyl (C=O) groups excluding carboxylic acids is 2. The zero-order chi connectivity index (χ0) is 16.8. The minimum Gasteiger partial charge on any atom is -0.492 e. The summed E-state index contributed by atoms with van der Waals surface area (Å²) >= 11 is 11.4. The fourth-order valence-electron chi connectivity index (χ4n) is 1.87. The summed E-state index contributed by atoms with van der Waals surface area (Å²) in [6.45, 7) is 0.235. The van der Waals surface area contributed by atoms with Crippen LogP contribution in [0.25, 0.3) is 0 Å². The van der Waals surface area contributed by atoms with Crippen molar-refractivity contribution in [1.29, 1.82) is 0 Å². The zero-order valence-corrected chi connectivity index (χ0v) is 13.5. The van der Waals surface area contributed by atoms with E-state index in [1.54, 1.807) is 24.3 Å². The van der Waals surface area contributed by atoms with Gasteiger partial charge in [0, 0.05) is 16.3 Å². The van der Waals surface area contributed by atoms with Crippen molar-refractivity contribution >= 4 is 40.7 Å². The van der Waals surface area contributed by atoms with E-state index < -0.39 is 11.8 Å². The summed E-state index contributed by atoms with van der Waals surface area (Å²) in [4.78, 5) is 23.8. The molecule has 0 saturated carbocycles. The molecule has 0 fully saturated rings. The lowest BCUT2D eigenvalue weighted by Gasteiger charge is -2.12. The summed E-state index contributed by atoms with van der Waals surface area (Å²) in [6.07, 6.45) is 0. The summed E-state index contributed by atoms with van der Waals surface area (Å²) in [7, 11) is 0. The number of ether oxygens (including phenoxy) is 1. The first-order chi connectivity index (χ1) is 11.0. The maximum absolute atomic E-state index is 12.4. The number of carbonyl (C=O) groups is 2. The van der Waals surface area contributed by atoms with Crippen LogP contribution in [-0.2, 0) is 0 Å². The standard InChI is InChI=1S/C16H14Cl2N2O3/c17-7-8-23-14-6-1-10(15(19)21)9-13(14)16(22)20-12-4-2-11(18)3-5-12/h1-6,9H,7-8H2,(H2,19,21)(H,20,22). The number of hydrogen-bond acceptors (Lipinski definition) is 3. The molecule has 0 spiro atoms. The minimum atomic E-state index is -0.630. The molecule has 0 radical (unpaired) electrons. The average Bonchev–Trinajstić information content (AvgIpc) is 2.54. The number of primary amides is 1. The third-order valence-electron chi connectivity index (χ3n) is 2.95. The van der Waals surface area contributed by atoms with Gasteiger partial charge in [-0.05, 0) is 42.5 Å². The van der Waals surface area contributed by atoms with Crippen LogP contribution in [-0.4, -0.2) is 24.3 Å². The fourth-order valence-corrected chi connectivity index (χ4v) is 2.07. The van der Waals surface area contributed by atoms with Gasteiger partial charge < -0.3 is 15.8 Å². The Bertz CT molecular complexity index is 718. The van der Waals surface area contributed by atoms with Gasteiger partial charge in [0.15, 0.2) is 0 Å². The number of rotatable bonds is 6. The molecular formula is C16H14Cl2N2O3. The summed E-state index contributed by atoms with van der Waals surface area (Å²) in [5.41, 5.74) is 6.23. The molecule has 23 heavy (non-hydrogen) atoms. The Morgan fingerprint density at radius 2 is 1.83 bits per heavy atom. The Morgan fingerprint density at radius 3 is 2.43 bits per heavy atom. The summed E-state index contributed by atoms with van der Waals surface area (Å²) in [5, 5.41) is 3.27. The molecule has 0 unspecified atom stereocenters. The van der Waals surface area contributed by atoms with Crippen molar-refractivity contribution in [3.8, 4) is 5.75 Å². The van der Waals surface area contributed by atoms with Crippen LogP contribution in [0.4, 0.5) is 5.69 Å². The molecule has 0 aliphatic heterocycles. The number of alkyl halides is 1. The number of benzene rings is 2. The molecule has 120 valence electrons. The zero-order valence-electron chi connectivity index (χ0n) is 12.0. The van der Waals surface area contributed by atoms with Crippen molar-refractivity contribution in [2.45, 2.75) is 0 Å². The average molecular weight is 353 g/mol. The highest BCUT2D eigenvalue weighted by Crippen LogP contribution is 2.22. The van der Waals surface area contributed by atoms with Gasteiger partial charge in [-0.25, -0.2) is 0 Å². The highest BCUT2D eigenvalue weighted by Gasteiger charge is 2.15. The van der Waals surface area contributed by atoms with Gasteiger partial charge in [-0.3, -0.25) is 9.59 Å². The van der Waals surface area contributed by atoms with Gasteiger partial charge in [0.25, 0.3) is 5.91 Å². The van der Waals surface area contributed by atoms with Crippen molar-refractivity contribution in [3.05, 3.63) is 58.6 Å². The summed E-state index contributed by atoms with van der Waals surface area (Å²) < 4.78 is 5.43. The Labute approximate surface area is 143 Å². The minimum absolute atomic E-state index is 0.196. The Hall–Kier alpha value is -2.24. The van der Waals surface area contributed by atoms with Gasteiger partial charge in [-0.1, -0.05) is 11.6 Å². The highest BCUT2D eigenvalue weighted by molar-refractivity contribution is 6.30. The molecule has 0 atom stereocenters. The molecular weight excluding hydrogens is 339 g/mol. The second-order valence-corrected chi connectivity index (χ2v) is 5.39. The third-order valence-corrected chi connectivity index (χ3v) is 3.35. The van der Waals surface area contributed by atoms with Crippen LogP contribution in [0.3, 0.4) is 0 Å². The van der Waals surface area contributed by atoms with Crippen LogP contribution < -0.4 is 15.8 Å². The molecule has 7 heteroatoms. The maximum Gasteiger partial charge on any atom is 0.259 e. The Kier molecular flexibility index (Phi) is 5.84. The second-order valence-electron chi connectivity index (χ2n) is 4.57. The normalized spacial score (nSPS) is 10.2. The number of halogens is 2. The van der Waals surface area contributed by atoms with E-state index in [1.165, 1.54) is 18.2 Å². The molecule has 2 aromatic rings. The van der Waals surface area contributed by atoms with Crippen molar-refractivity contribution in [2.75, 3.05) is 17.8 Å². The fraction of sp³-hybridized carbons (Fsp3) is 0.125. The van der Waals surface area contributed by atoms with Gasteiger partial charge in [-0.15, -0.1) is 11.6 Å². The van der Waals surface area contributed by atoms with E-state index in [1.807, 2.05) is 0 Å². The van der Waals surface area contributed by atoms with E-state index in [2.05, 4.69) is 5.32 Å². The van der Waals surface area contributed by atoms with Gasteiger partial charge in [0.1, 0.15) is 12.4 Å². The van der Waals surface area contributed by atoms with E-state index >= 15 is 0 Å². The molecule has 5 nitrogen and oxygen atoms in total. The van der Waals surface area contributed by atoms with E-state index in [4.69, 9.17) is 33.7 Å². The molecule has 0 aromatic heterocycles. The predicted octanol–water partition coefficient (Wildman–Crippen LogP) is 3.31. The molecule has 0 aliphatic rings. The second kappa shape index (κ2) is 7.85. The van der Waals surface area contributed by atoms with Crippen molar-refractivity contribution in [2.24, 2.45) is 5.73 Å². The van der Waals surface area contributed by atoms with Crippen LogP contribution in [0.1, 0.15) is 20.7 Å². The van der Waals surface area contributed by atoms with Gasteiger partial charge in [0.2, 0.25) is 5.91 Å². The molecule has 0 bridgehead atoms. The lowest BCUT2D eigenvalue weighted by Crippen LogP contribution is -2.17. The van der Waals surface area contributed by atoms with Crippen molar-refractivity contribution in [1.82, 2.24) is 0 Å². The van der Waals surface area contributed by atoms with Crippen LogP contribution in [0, 0.1) is 0 Å². The summed E-state index contributed by atoms with van der Waals surface area (Å²) in [6, 6.07) is 11.0. The Balaban J connectivity index is 2.29. The molecule has 0 heterocycles. The molecule has 2 amide bonds. The molecule has 2 rings (SSSR count). The van der Waals surface area contributed by atoms with Crippen LogP contribution in [0.2, 0.25) is 5.02 Å². The van der Waals surface area contributed by atoms with E-state index in [0.717, 1.165) is 0 Å². The number of amides is 2. The van der Waals surface area contributed by atoms with E-state index in [-0.39, 0.29) is 23.6 Å². The number of nitrogens with one attached hydrogen (secondary N) is 1. The number of hydrogen-bond donors (Lipinski definition) is 2. The van der Waals surface area contributed by atoms with Crippen molar-refractivity contribution in [3.63, 3.8) is 0 Å².